The van der Waals surface area contributed by atoms with Crippen molar-refractivity contribution in [3.05, 3.63) is 82.2 Å². The summed E-state index contributed by atoms with van der Waals surface area (Å²) in [5, 5.41) is 5.36. The number of amides is 1. The van der Waals surface area contributed by atoms with Crippen molar-refractivity contribution in [3.8, 4) is 5.75 Å². The van der Waals surface area contributed by atoms with Gasteiger partial charge in [-0.3, -0.25) is 9.59 Å². The molecule has 0 fully saturated rings. The van der Waals surface area contributed by atoms with Crippen LogP contribution in [-0.2, 0) is 0 Å². The molecule has 1 N–H and O–H groups in total. The number of ketones is 1. The summed E-state index contributed by atoms with van der Waals surface area (Å²) in [6, 6.07) is 17.6. The molecule has 28 heavy (non-hydrogen) atoms. The molecule has 0 unspecified atom stereocenters. The van der Waals surface area contributed by atoms with Gasteiger partial charge in [0.05, 0.1) is 17.2 Å². The van der Waals surface area contributed by atoms with Crippen LogP contribution in [0.4, 0.5) is 5.69 Å². The summed E-state index contributed by atoms with van der Waals surface area (Å²) in [5.41, 5.74) is 1.38. The zero-order chi connectivity index (χ0) is 19.5. The number of hydrogen-bond acceptors (Lipinski definition) is 5. The van der Waals surface area contributed by atoms with E-state index in [2.05, 4.69) is 5.32 Å². The van der Waals surface area contributed by atoms with E-state index in [1.165, 1.54) is 11.3 Å². The van der Waals surface area contributed by atoms with Crippen LogP contribution < -0.4 is 10.1 Å². The van der Waals surface area contributed by atoms with Crippen LogP contribution in [0.1, 0.15) is 32.7 Å². The standard InChI is InChI=1S/C22H17NO4S/c1-2-26-15-11-9-14(10-12-15)20(24)21-19(16-6-3-4-7-17(16)27-21)23-22(25)18-8-5-13-28-18/h3-13H,2H2,1H3,(H,23,25). The van der Waals surface area contributed by atoms with Gasteiger partial charge in [-0.15, -0.1) is 11.3 Å². The molecule has 140 valence electrons. The molecule has 0 aliphatic carbocycles. The van der Waals surface area contributed by atoms with E-state index in [0.29, 0.717) is 39.5 Å². The van der Waals surface area contributed by atoms with Crippen molar-refractivity contribution >= 4 is 39.7 Å². The number of nitrogens with one attached hydrogen (secondary N) is 1. The summed E-state index contributed by atoms with van der Waals surface area (Å²) in [6.45, 7) is 2.45. The molecule has 1 amide bonds. The zero-order valence-electron chi connectivity index (χ0n) is 15.1. The first-order valence-corrected chi connectivity index (χ1v) is 9.69. The molecule has 2 aromatic carbocycles. The smallest absolute Gasteiger partial charge is 0.265 e. The molecule has 4 aromatic rings. The SMILES string of the molecule is CCOc1ccc(C(=O)c2oc3ccccc3c2NC(=O)c2cccs2)cc1. The fourth-order valence-electron chi connectivity index (χ4n) is 2.91. The van der Waals surface area contributed by atoms with Gasteiger partial charge in [-0.2, -0.15) is 0 Å². The molecule has 0 aliphatic rings. The van der Waals surface area contributed by atoms with E-state index in [0.717, 1.165) is 0 Å². The van der Waals surface area contributed by atoms with Gasteiger partial charge in [-0.25, -0.2) is 0 Å². The number of carbonyl (C=O) groups is 2. The Kier molecular flexibility index (Phi) is 4.95. The number of anilines is 1. The van der Waals surface area contributed by atoms with E-state index in [-0.39, 0.29) is 17.5 Å². The second-order valence-electron chi connectivity index (χ2n) is 6.02. The fraction of sp³-hybridized carbons (Fsp3) is 0.0909. The maximum atomic E-state index is 13.1. The Morgan fingerprint density at radius 3 is 2.54 bits per heavy atom. The highest BCUT2D eigenvalue weighted by Crippen LogP contribution is 2.33. The number of carbonyl (C=O) groups excluding carboxylic acids is 2. The van der Waals surface area contributed by atoms with E-state index in [1.54, 1.807) is 42.5 Å². The number of hydrogen-bond donors (Lipinski definition) is 1. The summed E-state index contributed by atoms with van der Waals surface area (Å²) in [6.07, 6.45) is 0. The lowest BCUT2D eigenvalue weighted by Crippen LogP contribution is -2.13. The Morgan fingerprint density at radius 1 is 1.04 bits per heavy atom. The molecule has 4 rings (SSSR count). The average Bonchev–Trinajstić information content (AvgIpc) is 3.37. The summed E-state index contributed by atoms with van der Waals surface area (Å²) in [5.74, 6) is 0.216. The molecule has 2 heterocycles. The molecule has 0 bridgehead atoms. The Labute approximate surface area is 165 Å². The quantitative estimate of drug-likeness (QED) is 0.448. The molecule has 6 heteroatoms. The predicted octanol–water partition coefficient (Wildman–Crippen LogP) is 5.38. The zero-order valence-corrected chi connectivity index (χ0v) is 15.9. The van der Waals surface area contributed by atoms with Gasteiger partial charge < -0.3 is 14.5 Å². The molecule has 5 nitrogen and oxygen atoms in total. The minimum atomic E-state index is -0.305. The number of thiophene rings is 1. The highest BCUT2D eigenvalue weighted by Gasteiger charge is 2.24. The minimum Gasteiger partial charge on any atom is -0.494 e. The van der Waals surface area contributed by atoms with Gasteiger partial charge >= 0.3 is 0 Å². The second kappa shape index (κ2) is 7.70. The Bertz CT molecular complexity index is 1130. The lowest BCUT2D eigenvalue weighted by atomic mass is 10.1. The Morgan fingerprint density at radius 2 is 1.82 bits per heavy atom. The number of rotatable bonds is 6. The van der Waals surface area contributed by atoms with Gasteiger partial charge in [0.1, 0.15) is 11.3 Å². The lowest BCUT2D eigenvalue weighted by Gasteiger charge is -2.06. The summed E-state index contributed by atoms with van der Waals surface area (Å²) < 4.78 is 11.2. The first-order chi connectivity index (χ1) is 13.7. The van der Waals surface area contributed by atoms with Crippen molar-refractivity contribution in [3.63, 3.8) is 0 Å². The predicted molar refractivity (Wildman–Crippen MR) is 110 cm³/mol. The number of ether oxygens (including phenoxy) is 1. The van der Waals surface area contributed by atoms with Crippen LogP contribution in [0, 0.1) is 0 Å². The number of furan rings is 1. The van der Waals surface area contributed by atoms with Crippen molar-refractivity contribution in [2.75, 3.05) is 11.9 Å². The van der Waals surface area contributed by atoms with E-state index in [9.17, 15) is 9.59 Å². The third-order valence-corrected chi connectivity index (χ3v) is 5.08. The summed E-state index contributed by atoms with van der Waals surface area (Å²) in [7, 11) is 0. The van der Waals surface area contributed by atoms with Crippen LogP contribution in [0.15, 0.2) is 70.5 Å². The van der Waals surface area contributed by atoms with Crippen molar-refractivity contribution in [2.45, 2.75) is 6.92 Å². The van der Waals surface area contributed by atoms with Crippen LogP contribution >= 0.6 is 11.3 Å². The van der Waals surface area contributed by atoms with Crippen LogP contribution in [-0.4, -0.2) is 18.3 Å². The normalized spacial score (nSPS) is 10.8. The van der Waals surface area contributed by atoms with Crippen LogP contribution in [0.3, 0.4) is 0 Å². The van der Waals surface area contributed by atoms with Crippen LogP contribution in [0.5, 0.6) is 5.75 Å². The van der Waals surface area contributed by atoms with Crippen LogP contribution in [0.25, 0.3) is 11.0 Å². The number of fused-ring (bicyclic) bond motifs is 1. The molecular formula is C22H17NO4S. The van der Waals surface area contributed by atoms with Crippen molar-refractivity contribution in [1.82, 2.24) is 0 Å². The van der Waals surface area contributed by atoms with E-state index in [1.807, 2.05) is 30.5 Å². The molecule has 0 saturated carbocycles. The maximum absolute atomic E-state index is 13.1. The van der Waals surface area contributed by atoms with Gasteiger partial charge in [0.2, 0.25) is 5.78 Å². The minimum absolute atomic E-state index is 0.107. The topological polar surface area (TPSA) is 68.5 Å². The largest absolute Gasteiger partial charge is 0.494 e. The first kappa shape index (κ1) is 18.0. The molecule has 0 atom stereocenters. The molecule has 0 aliphatic heterocycles. The molecular weight excluding hydrogens is 374 g/mol. The van der Waals surface area contributed by atoms with Gasteiger partial charge in [0.15, 0.2) is 5.76 Å². The number of benzene rings is 2. The summed E-state index contributed by atoms with van der Waals surface area (Å²) >= 11 is 1.33. The van der Waals surface area contributed by atoms with Gasteiger partial charge in [0, 0.05) is 10.9 Å². The summed E-state index contributed by atoms with van der Waals surface area (Å²) in [4.78, 5) is 26.2. The highest BCUT2D eigenvalue weighted by atomic mass is 32.1. The lowest BCUT2D eigenvalue weighted by molar-refractivity contribution is 0.101. The fourth-order valence-corrected chi connectivity index (χ4v) is 3.53. The Hall–Kier alpha value is -3.38. The molecule has 2 aromatic heterocycles. The third kappa shape index (κ3) is 3.42. The van der Waals surface area contributed by atoms with Crippen LogP contribution in [0.2, 0.25) is 0 Å². The molecule has 0 radical (unpaired) electrons. The van der Waals surface area contributed by atoms with Gasteiger partial charge in [-0.05, 0) is 54.8 Å². The maximum Gasteiger partial charge on any atom is 0.265 e. The molecule has 0 saturated heterocycles. The van der Waals surface area contributed by atoms with Crippen molar-refractivity contribution in [2.24, 2.45) is 0 Å². The monoisotopic (exact) mass is 391 g/mol. The highest BCUT2D eigenvalue weighted by molar-refractivity contribution is 7.12. The van der Waals surface area contributed by atoms with E-state index >= 15 is 0 Å². The Balaban J connectivity index is 1.73. The van der Waals surface area contributed by atoms with E-state index in [4.69, 9.17) is 9.15 Å². The van der Waals surface area contributed by atoms with Gasteiger partial charge in [-0.1, -0.05) is 18.2 Å². The van der Waals surface area contributed by atoms with Crippen molar-refractivity contribution < 1.29 is 18.7 Å². The first-order valence-electron chi connectivity index (χ1n) is 8.81. The number of para-hydroxylation sites is 1. The van der Waals surface area contributed by atoms with Crippen molar-refractivity contribution in [1.29, 1.82) is 0 Å². The molecule has 0 spiro atoms. The van der Waals surface area contributed by atoms with Gasteiger partial charge in [0.25, 0.3) is 5.91 Å². The van der Waals surface area contributed by atoms with E-state index < -0.39 is 0 Å². The second-order valence-corrected chi connectivity index (χ2v) is 6.97. The average molecular weight is 391 g/mol. The third-order valence-electron chi connectivity index (χ3n) is 4.21.